The van der Waals surface area contributed by atoms with Crippen molar-refractivity contribution in [3.05, 3.63) is 0 Å². The van der Waals surface area contributed by atoms with Gasteiger partial charge in [-0.2, -0.15) is 0 Å². The first-order chi connectivity index (χ1) is 8.59. The van der Waals surface area contributed by atoms with Crippen LogP contribution in [0.15, 0.2) is 0 Å². The van der Waals surface area contributed by atoms with Crippen molar-refractivity contribution in [2.75, 3.05) is 19.6 Å². The molecule has 0 aromatic carbocycles. The molecule has 2 rings (SSSR count). The van der Waals surface area contributed by atoms with Gasteiger partial charge in [-0.3, -0.25) is 4.79 Å². The molecule has 4 nitrogen and oxygen atoms in total. The van der Waals surface area contributed by atoms with E-state index in [-0.39, 0.29) is 17.9 Å². The van der Waals surface area contributed by atoms with Crippen molar-refractivity contribution in [1.82, 2.24) is 10.2 Å². The number of hydrogen-bond acceptors (Lipinski definition) is 3. The minimum atomic E-state index is -0.339. The topological polar surface area (TPSA) is 58.4 Å². The van der Waals surface area contributed by atoms with Crippen LogP contribution < -0.4 is 11.1 Å². The van der Waals surface area contributed by atoms with E-state index in [0.29, 0.717) is 6.04 Å². The van der Waals surface area contributed by atoms with E-state index in [9.17, 15) is 4.79 Å². The SMILES string of the molecule is CC(C)C(N)C(=O)N1CCC[C@H]1CNCC1CC1. The molecular weight excluding hydrogens is 226 g/mol. The smallest absolute Gasteiger partial charge is 0.240 e. The largest absolute Gasteiger partial charge is 0.337 e. The number of nitrogens with one attached hydrogen (secondary N) is 1. The minimum Gasteiger partial charge on any atom is -0.337 e. The molecule has 1 heterocycles. The van der Waals surface area contributed by atoms with Crippen molar-refractivity contribution < 1.29 is 4.79 Å². The lowest BCUT2D eigenvalue weighted by Crippen LogP contribution is -2.50. The van der Waals surface area contributed by atoms with E-state index in [1.54, 1.807) is 0 Å². The average molecular weight is 253 g/mol. The lowest BCUT2D eigenvalue weighted by atomic mass is 10.0. The summed E-state index contributed by atoms with van der Waals surface area (Å²) in [6, 6.07) is 0.0232. The zero-order valence-corrected chi connectivity index (χ0v) is 11.7. The fourth-order valence-corrected chi connectivity index (χ4v) is 2.59. The Kier molecular flexibility index (Phi) is 4.62. The third-order valence-electron chi connectivity index (χ3n) is 4.17. The third kappa shape index (κ3) is 3.45. The van der Waals surface area contributed by atoms with Crippen LogP contribution in [0.5, 0.6) is 0 Å². The fraction of sp³-hybridized carbons (Fsp3) is 0.929. The first-order valence-electron chi connectivity index (χ1n) is 7.36. The Bertz CT molecular complexity index is 289. The van der Waals surface area contributed by atoms with Gasteiger partial charge >= 0.3 is 0 Å². The first-order valence-corrected chi connectivity index (χ1v) is 7.36. The fourth-order valence-electron chi connectivity index (χ4n) is 2.59. The van der Waals surface area contributed by atoms with Crippen LogP contribution in [0.3, 0.4) is 0 Å². The van der Waals surface area contributed by atoms with Crippen LogP contribution in [-0.4, -0.2) is 42.5 Å². The molecule has 3 N–H and O–H groups in total. The van der Waals surface area contributed by atoms with E-state index in [4.69, 9.17) is 5.73 Å². The van der Waals surface area contributed by atoms with E-state index < -0.39 is 0 Å². The molecule has 2 aliphatic rings. The maximum atomic E-state index is 12.3. The maximum absolute atomic E-state index is 12.3. The second-order valence-electron chi connectivity index (χ2n) is 6.20. The molecule has 1 amide bonds. The van der Waals surface area contributed by atoms with E-state index >= 15 is 0 Å². The predicted molar refractivity (Wildman–Crippen MR) is 73.1 cm³/mol. The van der Waals surface area contributed by atoms with Gasteiger partial charge in [0.05, 0.1) is 6.04 Å². The summed E-state index contributed by atoms with van der Waals surface area (Å²) in [5.74, 6) is 1.26. The lowest BCUT2D eigenvalue weighted by Gasteiger charge is -2.29. The summed E-state index contributed by atoms with van der Waals surface area (Å²) < 4.78 is 0. The Morgan fingerprint density at radius 1 is 1.33 bits per heavy atom. The Hall–Kier alpha value is -0.610. The van der Waals surface area contributed by atoms with Crippen LogP contribution in [0.4, 0.5) is 0 Å². The Morgan fingerprint density at radius 2 is 2.06 bits per heavy atom. The van der Waals surface area contributed by atoms with E-state index in [1.807, 2.05) is 18.7 Å². The van der Waals surface area contributed by atoms with Crippen molar-refractivity contribution in [3.8, 4) is 0 Å². The summed E-state index contributed by atoms with van der Waals surface area (Å²) in [6.45, 7) is 6.97. The third-order valence-corrected chi connectivity index (χ3v) is 4.17. The van der Waals surface area contributed by atoms with Crippen LogP contribution in [0.2, 0.25) is 0 Å². The van der Waals surface area contributed by atoms with Crippen molar-refractivity contribution >= 4 is 5.91 Å². The standard InChI is InChI=1S/C14H27N3O/c1-10(2)13(15)14(18)17-7-3-4-12(17)9-16-8-11-5-6-11/h10-13,16H,3-9,15H2,1-2H3/t12-,13?/m0/s1. The number of amides is 1. The van der Waals surface area contributed by atoms with Gasteiger partial charge in [0.15, 0.2) is 0 Å². The van der Waals surface area contributed by atoms with Gasteiger partial charge in [0.2, 0.25) is 5.91 Å². The van der Waals surface area contributed by atoms with Gasteiger partial charge in [-0.25, -0.2) is 0 Å². The van der Waals surface area contributed by atoms with Crippen molar-refractivity contribution in [3.63, 3.8) is 0 Å². The van der Waals surface area contributed by atoms with E-state index in [2.05, 4.69) is 5.32 Å². The molecule has 2 atom stereocenters. The zero-order chi connectivity index (χ0) is 13.1. The molecule has 0 spiro atoms. The highest BCUT2D eigenvalue weighted by molar-refractivity contribution is 5.82. The molecule has 1 aliphatic carbocycles. The summed E-state index contributed by atoms with van der Waals surface area (Å²) in [4.78, 5) is 14.3. The number of hydrogen-bond donors (Lipinski definition) is 2. The van der Waals surface area contributed by atoms with Crippen LogP contribution in [0.1, 0.15) is 39.5 Å². The van der Waals surface area contributed by atoms with Gasteiger partial charge in [0.1, 0.15) is 0 Å². The average Bonchev–Trinajstić information content (AvgIpc) is 3.04. The number of carbonyl (C=O) groups excluding carboxylic acids is 1. The molecule has 18 heavy (non-hydrogen) atoms. The number of nitrogens with zero attached hydrogens (tertiary/aromatic N) is 1. The summed E-state index contributed by atoms with van der Waals surface area (Å²) in [6.07, 6.45) is 4.98. The molecule has 2 fully saturated rings. The predicted octanol–water partition coefficient (Wildman–Crippen LogP) is 0.960. The Morgan fingerprint density at radius 3 is 2.67 bits per heavy atom. The maximum Gasteiger partial charge on any atom is 0.240 e. The summed E-state index contributed by atoms with van der Waals surface area (Å²) >= 11 is 0. The molecule has 0 aromatic rings. The van der Waals surface area contributed by atoms with Crippen molar-refractivity contribution in [2.24, 2.45) is 17.6 Å². The van der Waals surface area contributed by atoms with Gasteiger partial charge < -0.3 is 16.0 Å². The first kappa shape index (κ1) is 13.8. The zero-order valence-electron chi connectivity index (χ0n) is 11.7. The second-order valence-corrected chi connectivity index (χ2v) is 6.20. The number of carbonyl (C=O) groups is 1. The van der Waals surface area contributed by atoms with Gasteiger partial charge in [-0.15, -0.1) is 0 Å². The van der Waals surface area contributed by atoms with Gasteiger partial charge in [0.25, 0.3) is 0 Å². The second kappa shape index (κ2) is 6.02. The molecule has 1 saturated carbocycles. The number of rotatable bonds is 6. The molecule has 0 radical (unpaired) electrons. The molecule has 1 saturated heterocycles. The number of nitrogens with two attached hydrogens (primary N) is 1. The van der Waals surface area contributed by atoms with Crippen molar-refractivity contribution in [1.29, 1.82) is 0 Å². The van der Waals surface area contributed by atoms with E-state index in [0.717, 1.165) is 38.4 Å². The molecule has 4 heteroatoms. The Labute approximate surface area is 110 Å². The summed E-state index contributed by atoms with van der Waals surface area (Å²) in [5.41, 5.74) is 5.98. The summed E-state index contributed by atoms with van der Waals surface area (Å²) in [7, 11) is 0. The van der Waals surface area contributed by atoms with Gasteiger partial charge in [-0.1, -0.05) is 13.8 Å². The van der Waals surface area contributed by atoms with Crippen LogP contribution in [0.25, 0.3) is 0 Å². The monoisotopic (exact) mass is 253 g/mol. The normalized spacial score (nSPS) is 25.8. The highest BCUT2D eigenvalue weighted by Gasteiger charge is 2.32. The molecular formula is C14H27N3O. The highest BCUT2D eigenvalue weighted by Crippen LogP contribution is 2.27. The van der Waals surface area contributed by atoms with Crippen LogP contribution >= 0.6 is 0 Å². The van der Waals surface area contributed by atoms with Crippen molar-refractivity contribution in [2.45, 2.75) is 51.6 Å². The minimum absolute atomic E-state index is 0.140. The molecule has 1 aliphatic heterocycles. The van der Waals surface area contributed by atoms with Gasteiger partial charge in [-0.05, 0) is 44.1 Å². The molecule has 104 valence electrons. The van der Waals surface area contributed by atoms with Gasteiger partial charge in [0, 0.05) is 19.1 Å². The quantitative estimate of drug-likeness (QED) is 0.741. The summed E-state index contributed by atoms with van der Waals surface area (Å²) in [5, 5.41) is 3.51. The molecule has 1 unspecified atom stereocenters. The highest BCUT2D eigenvalue weighted by atomic mass is 16.2. The van der Waals surface area contributed by atoms with E-state index in [1.165, 1.54) is 12.8 Å². The Balaban J connectivity index is 1.79. The van der Waals surface area contributed by atoms with Crippen LogP contribution in [0, 0.1) is 11.8 Å². The number of likely N-dealkylation sites (tertiary alicyclic amines) is 1. The molecule has 0 aromatic heterocycles. The lowest BCUT2D eigenvalue weighted by molar-refractivity contribution is -0.134. The van der Waals surface area contributed by atoms with Crippen LogP contribution in [-0.2, 0) is 4.79 Å². The molecule has 0 bridgehead atoms.